The van der Waals surface area contributed by atoms with E-state index in [9.17, 15) is 4.79 Å². The van der Waals surface area contributed by atoms with Crippen molar-refractivity contribution in [1.82, 2.24) is 0 Å². The first-order chi connectivity index (χ1) is 16.7. The molecule has 5 rings (SSSR count). The molecule has 0 aliphatic rings. The predicted octanol–water partition coefficient (Wildman–Crippen LogP) is 7.57. The van der Waals surface area contributed by atoms with Crippen LogP contribution in [0.25, 0.3) is 27.6 Å². The molecule has 5 aromatic carbocycles. The maximum Gasteiger partial charge on any atom is 0.339 e. The van der Waals surface area contributed by atoms with E-state index in [1.54, 1.807) is 12.1 Å². The van der Waals surface area contributed by atoms with Gasteiger partial charge in [0.05, 0.1) is 6.08 Å². The lowest BCUT2D eigenvalue weighted by Crippen LogP contribution is -2.07. The van der Waals surface area contributed by atoms with E-state index in [-0.39, 0.29) is 0 Å². The van der Waals surface area contributed by atoms with Crippen LogP contribution >= 0.6 is 0 Å². The van der Waals surface area contributed by atoms with Gasteiger partial charge in [-0.25, -0.2) is 4.79 Å². The summed E-state index contributed by atoms with van der Waals surface area (Å²) in [7, 11) is 0. The van der Waals surface area contributed by atoms with Gasteiger partial charge in [0, 0.05) is 0 Å². The Morgan fingerprint density at radius 3 is 1.71 bits per heavy atom. The van der Waals surface area contributed by atoms with Gasteiger partial charge in [0.25, 0.3) is 0 Å². The molecule has 3 nitrogen and oxygen atoms in total. The molecular weight excluding hydrogens is 420 g/mol. The van der Waals surface area contributed by atoms with Crippen LogP contribution in [-0.2, 0) is 4.79 Å². The molecule has 0 heterocycles. The van der Waals surface area contributed by atoms with Crippen molar-refractivity contribution in [1.29, 1.82) is 0 Å². The molecule has 0 saturated carbocycles. The van der Waals surface area contributed by atoms with Crippen LogP contribution in [0.15, 0.2) is 133 Å². The summed E-state index contributed by atoms with van der Waals surface area (Å²) in [6.45, 7) is 0. The van der Waals surface area contributed by atoms with Crippen molar-refractivity contribution in [2.75, 3.05) is 0 Å². The molecule has 5 aromatic rings. The van der Waals surface area contributed by atoms with Crippen LogP contribution in [0, 0.1) is 0 Å². The first-order valence-electron chi connectivity index (χ1n) is 11.1. The highest BCUT2D eigenvalue weighted by Gasteiger charge is 2.07. The third-order valence-electron chi connectivity index (χ3n) is 5.40. The SMILES string of the molecule is O=C(/C=C(\C=C\c1ccccc1)Oc1ccc2ccccc2c1)Oc1ccc2ccccc2c1. The topological polar surface area (TPSA) is 35.5 Å². The van der Waals surface area contributed by atoms with Crippen molar-refractivity contribution in [3.05, 3.63) is 139 Å². The second-order valence-electron chi connectivity index (χ2n) is 7.83. The molecule has 0 radical (unpaired) electrons. The second kappa shape index (κ2) is 9.88. The van der Waals surface area contributed by atoms with Crippen LogP contribution in [-0.4, -0.2) is 5.97 Å². The fourth-order valence-electron chi connectivity index (χ4n) is 3.71. The number of esters is 1. The predicted molar refractivity (Wildman–Crippen MR) is 138 cm³/mol. The Morgan fingerprint density at radius 2 is 1.09 bits per heavy atom. The van der Waals surface area contributed by atoms with Gasteiger partial charge in [0.2, 0.25) is 0 Å². The summed E-state index contributed by atoms with van der Waals surface area (Å²) in [4.78, 5) is 12.8. The molecule has 0 bridgehead atoms. The highest BCUT2D eigenvalue weighted by molar-refractivity contribution is 5.88. The number of hydrogen-bond acceptors (Lipinski definition) is 3. The lowest BCUT2D eigenvalue weighted by Gasteiger charge is -2.09. The number of carbonyl (C=O) groups is 1. The number of ether oxygens (including phenoxy) is 2. The zero-order valence-electron chi connectivity index (χ0n) is 18.4. The Bertz CT molecular complexity index is 1510. The Labute approximate surface area is 198 Å². The summed E-state index contributed by atoms with van der Waals surface area (Å²) >= 11 is 0. The van der Waals surface area contributed by atoms with E-state index >= 15 is 0 Å². The normalized spacial score (nSPS) is 11.7. The number of benzene rings is 5. The van der Waals surface area contributed by atoms with Gasteiger partial charge in [-0.2, -0.15) is 0 Å². The standard InChI is InChI=1S/C31H22O3/c32-31(34-29-19-16-25-11-5-7-13-27(25)21-29)22-30(17-14-23-8-2-1-3-9-23)33-28-18-15-24-10-4-6-12-26(24)20-28/h1-22H/b17-14+,30-22+. The smallest absolute Gasteiger partial charge is 0.339 e. The van der Waals surface area contributed by atoms with Gasteiger partial charge in [0.1, 0.15) is 17.3 Å². The van der Waals surface area contributed by atoms with E-state index in [4.69, 9.17) is 9.47 Å². The minimum atomic E-state index is -0.510. The molecule has 0 aliphatic carbocycles. The van der Waals surface area contributed by atoms with Crippen LogP contribution in [0.3, 0.4) is 0 Å². The molecule has 0 aliphatic heterocycles. The lowest BCUT2D eigenvalue weighted by molar-refractivity contribution is -0.129. The Morgan fingerprint density at radius 1 is 0.559 bits per heavy atom. The second-order valence-corrected chi connectivity index (χ2v) is 7.83. The molecular formula is C31H22O3. The Kier molecular flexibility index (Phi) is 6.17. The van der Waals surface area contributed by atoms with Crippen molar-refractivity contribution < 1.29 is 14.3 Å². The molecule has 0 spiro atoms. The van der Waals surface area contributed by atoms with Crippen LogP contribution in [0.4, 0.5) is 0 Å². The van der Waals surface area contributed by atoms with E-state index in [0.717, 1.165) is 27.1 Å². The van der Waals surface area contributed by atoms with Crippen LogP contribution in [0.5, 0.6) is 11.5 Å². The van der Waals surface area contributed by atoms with E-state index < -0.39 is 5.97 Å². The first-order valence-corrected chi connectivity index (χ1v) is 11.1. The Balaban J connectivity index is 1.41. The number of carbonyl (C=O) groups excluding carboxylic acids is 1. The molecule has 3 heteroatoms. The summed E-state index contributed by atoms with van der Waals surface area (Å²) in [5.41, 5.74) is 0.999. The van der Waals surface area contributed by atoms with Gasteiger partial charge < -0.3 is 9.47 Å². The number of fused-ring (bicyclic) bond motifs is 2. The minimum absolute atomic E-state index is 0.380. The number of hydrogen-bond donors (Lipinski definition) is 0. The molecule has 0 fully saturated rings. The maximum atomic E-state index is 12.8. The largest absolute Gasteiger partial charge is 0.457 e. The van der Waals surface area contributed by atoms with Gasteiger partial charge in [0.15, 0.2) is 0 Å². The minimum Gasteiger partial charge on any atom is -0.457 e. The zero-order valence-corrected chi connectivity index (χ0v) is 18.4. The number of allylic oxidation sites excluding steroid dienone is 1. The molecule has 0 saturated heterocycles. The fourth-order valence-corrected chi connectivity index (χ4v) is 3.71. The molecule has 34 heavy (non-hydrogen) atoms. The highest BCUT2D eigenvalue weighted by atomic mass is 16.5. The van der Waals surface area contributed by atoms with E-state index in [2.05, 4.69) is 0 Å². The average molecular weight is 443 g/mol. The summed E-state index contributed by atoms with van der Waals surface area (Å²) in [5.74, 6) is 0.993. The highest BCUT2D eigenvalue weighted by Crippen LogP contribution is 2.24. The third kappa shape index (κ3) is 5.22. The first kappa shape index (κ1) is 21.2. The lowest BCUT2D eigenvalue weighted by atomic mass is 10.1. The maximum absolute atomic E-state index is 12.8. The van der Waals surface area contributed by atoms with Crippen LogP contribution < -0.4 is 9.47 Å². The summed E-state index contributed by atoms with van der Waals surface area (Å²) in [6.07, 6.45) is 5.03. The molecule has 0 amide bonds. The molecule has 0 aromatic heterocycles. The van der Waals surface area contributed by atoms with E-state index in [1.807, 2.05) is 115 Å². The van der Waals surface area contributed by atoms with Crippen LogP contribution in [0.2, 0.25) is 0 Å². The summed E-state index contributed by atoms with van der Waals surface area (Å²) in [6, 6.07) is 37.3. The summed E-state index contributed by atoms with van der Waals surface area (Å²) < 4.78 is 11.7. The van der Waals surface area contributed by atoms with Crippen molar-refractivity contribution in [3.8, 4) is 11.5 Å². The summed E-state index contributed by atoms with van der Waals surface area (Å²) in [5, 5.41) is 4.28. The van der Waals surface area contributed by atoms with Gasteiger partial charge in [-0.3, -0.25) is 0 Å². The third-order valence-corrected chi connectivity index (χ3v) is 5.40. The number of rotatable bonds is 6. The quantitative estimate of drug-likeness (QED) is 0.0894. The van der Waals surface area contributed by atoms with E-state index in [1.165, 1.54) is 6.08 Å². The molecule has 0 atom stereocenters. The van der Waals surface area contributed by atoms with Crippen molar-refractivity contribution >= 4 is 33.6 Å². The molecule has 0 N–H and O–H groups in total. The molecule has 0 unspecified atom stereocenters. The van der Waals surface area contributed by atoms with Crippen molar-refractivity contribution in [2.45, 2.75) is 0 Å². The van der Waals surface area contributed by atoms with Gasteiger partial charge >= 0.3 is 5.97 Å². The van der Waals surface area contributed by atoms with Gasteiger partial charge in [-0.15, -0.1) is 0 Å². The fraction of sp³-hybridized carbons (Fsp3) is 0. The van der Waals surface area contributed by atoms with Crippen molar-refractivity contribution in [2.24, 2.45) is 0 Å². The van der Waals surface area contributed by atoms with Crippen molar-refractivity contribution in [3.63, 3.8) is 0 Å². The Hall–Kier alpha value is -4.63. The van der Waals surface area contributed by atoms with Gasteiger partial charge in [-0.1, -0.05) is 97.1 Å². The van der Waals surface area contributed by atoms with Gasteiger partial charge in [-0.05, 0) is 57.4 Å². The monoisotopic (exact) mass is 442 g/mol. The zero-order chi connectivity index (χ0) is 23.2. The molecule has 164 valence electrons. The van der Waals surface area contributed by atoms with E-state index in [0.29, 0.717) is 17.3 Å². The van der Waals surface area contributed by atoms with Crippen LogP contribution in [0.1, 0.15) is 5.56 Å². The average Bonchev–Trinajstić information content (AvgIpc) is 2.88.